The van der Waals surface area contributed by atoms with Crippen LogP contribution < -0.4 is 10.6 Å². The molecule has 1 aromatic heterocycles. The van der Waals surface area contributed by atoms with Crippen molar-refractivity contribution in [3.05, 3.63) is 59.5 Å². The Bertz CT molecular complexity index is 791. The van der Waals surface area contributed by atoms with Gasteiger partial charge in [0.1, 0.15) is 11.8 Å². The van der Waals surface area contributed by atoms with Gasteiger partial charge < -0.3 is 19.8 Å². The molecule has 1 atom stereocenters. The van der Waals surface area contributed by atoms with Crippen molar-refractivity contribution in [3.63, 3.8) is 0 Å². The second-order valence-electron chi connectivity index (χ2n) is 5.88. The Labute approximate surface area is 168 Å². The van der Waals surface area contributed by atoms with Gasteiger partial charge in [-0.2, -0.15) is 11.8 Å². The number of ether oxygens (including phenoxy) is 1. The zero-order chi connectivity index (χ0) is 20.4. The summed E-state index contributed by atoms with van der Waals surface area (Å²) in [4.78, 5) is 36.6. The molecule has 0 radical (unpaired) electrons. The van der Waals surface area contributed by atoms with Gasteiger partial charge in [0.25, 0.3) is 5.91 Å². The van der Waals surface area contributed by atoms with Crippen molar-refractivity contribution in [2.24, 2.45) is 0 Å². The lowest BCUT2D eigenvalue weighted by Gasteiger charge is -2.18. The van der Waals surface area contributed by atoms with Crippen LogP contribution in [-0.4, -0.2) is 42.4 Å². The Morgan fingerprint density at radius 1 is 1.14 bits per heavy atom. The topological polar surface area (TPSA) is 97.6 Å². The van der Waals surface area contributed by atoms with E-state index in [-0.39, 0.29) is 30.7 Å². The van der Waals surface area contributed by atoms with Crippen LogP contribution in [0.1, 0.15) is 40.0 Å². The summed E-state index contributed by atoms with van der Waals surface area (Å²) in [6, 6.07) is 11.2. The number of furan rings is 1. The molecular weight excluding hydrogens is 380 g/mol. The van der Waals surface area contributed by atoms with Gasteiger partial charge in [-0.25, -0.2) is 4.79 Å². The van der Waals surface area contributed by atoms with E-state index in [1.807, 2.05) is 12.3 Å². The third-order valence-electron chi connectivity index (χ3n) is 3.84. The zero-order valence-corrected chi connectivity index (χ0v) is 16.7. The van der Waals surface area contributed by atoms with Gasteiger partial charge in [-0.1, -0.05) is 18.2 Å². The molecule has 8 heteroatoms. The van der Waals surface area contributed by atoms with Crippen LogP contribution in [-0.2, 0) is 16.1 Å². The van der Waals surface area contributed by atoms with E-state index in [0.717, 1.165) is 5.75 Å². The molecule has 0 unspecified atom stereocenters. The van der Waals surface area contributed by atoms with E-state index in [0.29, 0.717) is 17.7 Å². The summed E-state index contributed by atoms with van der Waals surface area (Å²) in [5.74, 6) is 0.0720. The van der Waals surface area contributed by atoms with Crippen LogP contribution >= 0.6 is 11.8 Å². The zero-order valence-electron chi connectivity index (χ0n) is 15.9. The number of hydrogen-bond donors (Lipinski definition) is 2. The molecule has 0 bridgehead atoms. The van der Waals surface area contributed by atoms with Crippen molar-refractivity contribution in [2.75, 3.05) is 18.6 Å². The fourth-order valence-corrected chi connectivity index (χ4v) is 2.89. The molecule has 2 N–H and O–H groups in total. The number of carbonyl (C=O) groups excluding carboxylic acids is 3. The lowest BCUT2D eigenvalue weighted by atomic mass is 10.1. The van der Waals surface area contributed by atoms with E-state index < -0.39 is 12.0 Å². The second kappa shape index (κ2) is 11.2. The molecule has 2 rings (SSSR count). The summed E-state index contributed by atoms with van der Waals surface area (Å²) in [5.41, 5.74) is 0.495. The van der Waals surface area contributed by atoms with E-state index in [2.05, 4.69) is 10.6 Å². The number of rotatable bonds is 10. The average Bonchev–Trinajstić information content (AvgIpc) is 3.19. The Morgan fingerprint density at radius 3 is 2.57 bits per heavy atom. The van der Waals surface area contributed by atoms with E-state index in [1.165, 1.54) is 6.07 Å². The number of carbonyl (C=O) groups is 3. The Balaban J connectivity index is 1.95. The van der Waals surface area contributed by atoms with Crippen molar-refractivity contribution >= 4 is 29.5 Å². The predicted octanol–water partition coefficient (Wildman–Crippen LogP) is 2.62. The number of benzene rings is 1. The third-order valence-corrected chi connectivity index (χ3v) is 4.49. The van der Waals surface area contributed by atoms with E-state index in [1.54, 1.807) is 49.0 Å². The third kappa shape index (κ3) is 6.45. The normalized spacial score (nSPS) is 11.5. The van der Waals surface area contributed by atoms with Gasteiger partial charge in [-0.05, 0) is 49.6 Å². The van der Waals surface area contributed by atoms with Gasteiger partial charge in [0.15, 0.2) is 0 Å². The molecule has 0 aliphatic carbocycles. The van der Waals surface area contributed by atoms with Crippen LogP contribution in [0.15, 0.2) is 46.9 Å². The molecule has 1 aromatic carbocycles. The molecule has 0 spiro atoms. The molecular formula is C20H24N2O5S. The quantitative estimate of drug-likeness (QED) is 0.591. The Hall–Kier alpha value is -2.74. The van der Waals surface area contributed by atoms with Crippen LogP contribution in [0, 0.1) is 0 Å². The fraction of sp³-hybridized carbons (Fsp3) is 0.350. The first kappa shape index (κ1) is 21.6. The van der Waals surface area contributed by atoms with Crippen molar-refractivity contribution in [3.8, 4) is 0 Å². The lowest BCUT2D eigenvalue weighted by Crippen LogP contribution is -2.46. The smallest absolute Gasteiger partial charge is 0.374 e. The maximum absolute atomic E-state index is 12.6. The SMILES string of the molecule is CCOC(=O)c1ccc(CNC(=O)[C@H](CCSC)NC(=O)c2ccccc2)o1. The van der Waals surface area contributed by atoms with Crippen molar-refractivity contribution < 1.29 is 23.5 Å². The standard InChI is InChI=1S/C20H24N2O5S/c1-3-26-20(25)17-10-9-15(27-17)13-21-19(24)16(11-12-28-2)22-18(23)14-7-5-4-6-8-14/h4-10,16H,3,11-13H2,1-2H3,(H,21,24)(H,22,23)/t16-/m0/s1. The molecule has 2 amide bonds. The average molecular weight is 404 g/mol. The van der Waals surface area contributed by atoms with Crippen molar-refractivity contribution in [1.82, 2.24) is 10.6 Å². The van der Waals surface area contributed by atoms with Crippen LogP contribution in [0.2, 0.25) is 0 Å². The summed E-state index contributed by atoms with van der Waals surface area (Å²) in [7, 11) is 0. The van der Waals surface area contributed by atoms with Gasteiger partial charge in [-0.15, -0.1) is 0 Å². The van der Waals surface area contributed by atoms with E-state index in [9.17, 15) is 14.4 Å². The molecule has 0 aliphatic rings. The Kier molecular flexibility index (Phi) is 8.61. The predicted molar refractivity (Wildman–Crippen MR) is 107 cm³/mol. The molecule has 28 heavy (non-hydrogen) atoms. The van der Waals surface area contributed by atoms with Crippen molar-refractivity contribution in [1.29, 1.82) is 0 Å². The highest BCUT2D eigenvalue weighted by atomic mass is 32.2. The molecule has 1 heterocycles. The molecule has 0 fully saturated rings. The number of hydrogen-bond acceptors (Lipinski definition) is 6. The van der Waals surface area contributed by atoms with Crippen molar-refractivity contribution in [2.45, 2.75) is 25.9 Å². The highest BCUT2D eigenvalue weighted by Gasteiger charge is 2.21. The molecule has 2 aromatic rings. The van der Waals surface area contributed by atoms with Gasteiger partial charge in [0.05, 0.1) is 13.2 Å². The summed E-state index contributed by atoms with van der Waals surface area (Å²) in [6.45, 7) is 2.07. The van der Waals surface area contributed by atoms with Crippen LogP contribution in [0.5, 0.6) is 0 Å². The summed E-state index contributed by atoms with van der Waals surface area (Å²) in [6.07, 6.45) is 2.44. The van der Waals surface area contributed by atoms with Crippen LogP contribution in [0.25, 0.3) is 0 Å². The van der Waals surface area contributed by atoms with Crippen LogP contribution in [0.3, 0.4) is 0 Å². The van der Waals surface area contributed by atoms with E-state index in [4.69, 9.17) is 9.15 Å². The maximum Gasteiger partial charge on any atom is 0.374 e. The highest BCUT2D eigenvalue weighted by molar-refractivity contribution is 7.98. The fourth-order valence-electron chi connectivity index (χ4n) is 2.42. The van der Waals surface area contributed by atoms with Gasteiger partial charge in [0, 0.05) is 5.56 Å². The Morgan fingerprint density at radius 2 is 1.89 bits per heavy atom. The minimum atomic E-state index is -0.667. The number of nitrogens with one attached hydrogen (secondary N) is 2. The maximum atomic E-state index is 12.6. The minimum absolute atomic E-state index is 0.0856. The first-order valence-corrected chi connectivity index (χ1v) is 10.3. The number of esters is 1. The molecule has 0 saturated carbocycles. The number of thioether (sulfide) groups is 1. The van der Waals surface area contributed by atoms with Gasteiger partial charge in [-0.3, -0.25) is 9.59 Å². The number of amides is 2. The largest absolute Gasteiger partial charge is 0.460 e. The lowest BCUT2D eigenvalue weighted by molar-refractivity contribution is -0.123. The summed E-state index contributed by atoms with van der Waals surface area (Å²) < 4.78 is 10.2. The van der Waals surface area contributed by atoms with Gasteiger partial charge in [0.2, 0.25) is 11.7 Å². The highest BCUT2D eigenvalue weighted by Crippen LogP contribution is 2.10. The minimum Gasteiger partial charge on any atom is -0.460 e. The van der Waals surface area contributed by atoms with Gasteiger partial charge >= 0.3 is 5.97 Å². The molecule has 150 valence electrons. The first-order chi connectivity index (χ1) is 13.5. The summed E-state index contributed by atoms with van der Waals surface area (Å²) >= 11 is 1.59. The van der Waals surface area contributed by atoms with Crippen LogP contribution in [0.4, 0.5) is 0 Å². The molecule has 0 saturated heterocycles. The monoisotopic (exact) mass is 404 g/mol. The van der Waals surface area contributed by atoms with E-state index >= 15 is 0 Å². The molecule has 7 nitrogen and oxygen atoms in total. The molecule has 0 aliphatic heterocycles. The second-order valence-corrected chi connectivity index (χ2v) is 6.86. The first-order valence-electron chi connectivity index (χ1n) is 8.93. The summed E-state index contributed by atoms with van der Waals surface area (Å²) in [5, 5.41) is 5.52.